The predicted molar refractivity (Wildman–Crippen MR) is 191 cm³/mol. The first-order chi connectivity index (χ1) is 23.0. The number of carbonyl (C=O) groups is 1. The van der Waals surface area contributed by atoms with Crippen molar-refractivity contribution >= 4 is 17.2 Å². The molecule has 1 aliphatic heterocycles. The van der Waals surface area contributed by atoms with Crippen LogP contribution in [0.2, 0.25) is 0 Å². The van der Waals surface area contributed by atoms with E-state index in [1.165, 1.54) is 12.0 Å². The van der Waals surface area contributed by atoms with Crippen molar-refractivity contribution in [3.8, 4) is 5.75 Å². The molecule has 3 N–H and O–H groups in total. The van der Waals surface area contributed by atoms with Gasteiger partial charge in [0.05, 0.1) is 26.4 Å². The topological polar surface area (TPSA) is 104 Å². The van der Waals surface area contributed by atoms with Crippen molar-refractivity contribution in [3.63, 3.8) is 0 Å². The molecule has 8 atom stereocenters. The third kappa shape index (κ3) is 7.47. The van der Waals surface area contributed by atoms with Gasteiger partial charge in [0.25, 0.3) is 0 Å². The molecule has 2 bridgehead atoms. The molecule has 6 rings (SSSR count). The van der Waals surface area contributed by atoms with E-state index in [1.54, 1.807) is 25.2 Å². The number of aryl methyl sites for hydroxylation is 1. The molecule has 4 fully saturated rings. The number of nitrogens with zero attached hydrogens (tertiary/aromatic N) is 2. The van der Waals surface area contributed by atoms with Gasteiger partial charge in [0.1, 0.15) is 17.9 Å². The summed E-state index contributed by atoms with van der Waals surface area (Å²) in [6.45, 7) is 15.3. The van der Waals surface area contributed by atoms with E-state index < -0.39 is 24.2 Å². The maximum Gasteiger partial charge on any atom is 0.240 e. The third-order valence-corrected chi connectivity index (χ3v) is 11.4. The molecule has 0 unspecified atom stereocenters. The number of nitrogens with one attached hydrogen (secondary N) is 1. The highest BCUT2D eigenvalue weighted by molar-refractivity contribution is 6.01. The fourth-order valence-electron chi connectivity index (χ4n) is 8.53. The van der Waals surface area contributed by atoms with Crippen molar-refractivity contribution in [2.75, 3.05) is 20.3 Å². The number of hydroxylamine groups is 2. The molecule has 48 heavy (non-hydrogen) atoms. The summed E-state index contributed by atoms with van der Waals surface area (Å²) in [6, 6.07) is 15.6. The lowest BCUT2D eigenvalue weighted by Crippen LogP contribution is -2.62. The molecule has 0 spiro atoms. The lowest BCUT2D eigenvalue weighted by Gasteiger charge is -2.62. The molecular weight excluding hydrogens is 602 g/mol. The summed E-state index contributed by atoms with van der Waals surface area (Å²) < 4.78 is 5.98. The van der Waals surface area contributed by atoms with E-state index in [0.717, 1.165) is 48.2 Å². The van der Waals surface area contributed by atoms with Crippen molar-refractivity contribution in [1.82, 2.24) is 10.4 Å². The van der Waals surface area contributed by atoms with Crippen LogP contribution in [-0.2, 0) is 22.6 Å². The second-order valence-corrected chi connectivity index (χ2v) is 14.6. The van der Waals surface area contributed by atoms with E-state index >= 15 is 0 Å². The van der Waals surface area contributed by atoms with Crippen molar-refractivity contribution in [2.45, 2.75) is 91.1 Å². The van der Waals surface area contributed by atoms with Crippen molar-refractivity contribution in [1.29, 1.82) is 0 Å². The number of aliphatic hydroxyl groups excluding tert-OH is 2. The summed E-state index contributed by atoms with van der Waals surface area (Å²) in [4.78, 5) is 25.1. The first-order valence-electron chi connectivity index (χ1n) is 17.6. The molecule has 0 radical (unpaired) electrons. The van der Waals surface area contributed by atoms with Gasteiger partial charge in [-0.3, -0.25) is 14.6 Å². The highest BCUT2D eigenvalue weighted by Gasteiger charge is 2.57. The van der Waals surface area contributed by atoms with Crippen LogP contribution in [0.15, 0.2) is 72.3 Å². The molecule has 3 saturated carbocycles. The number of allylic oxidation sites excluding steroid dienone is 3. The van der Waals surface area contributed by atoms with Crippen LogP contribution < -0.4 is 10.1 Å². The average molecular weight is 658 g/mol. The maximum absolute atomic E-state index is 14.1. The Bertz CT molecular complexity index is 1480. The van der Waals surface area contributed by atoms with Gasteiger partial charge in [-0.25, -0.2) is 0 Å². The second-order valence-electron chi connectivity index (χ2n) is 14.6. The van der Waals surface area contributed by atoms with Crippen LogP contribution in [-0.4, -0.2) is 71.4 Å². The van der Waals surface area contributed by atoms with Crippen molar-refractivity contribution in [3.05, 3.63) is 84.0 Å². The molecule has 260 valence electrons. The van der Waals surface area contributed by atoms with Crippen LogP contribution >= 0.6 is 0 Å². The Balaban J connectivity index is 1.34. The molecule has 1 saturated heterocycles. The van der Waals surface area contributed by atoms with Crippen LogP contribution in [0.1, 0.15) is 70.6 Å². The number of ether oxygens (including phenoxy) is 1. The summed E-state index contributed by atoms with van der Waals surface area (Å²) in [5.74, 6) is 1.41. The number of amides is 1. The minimum absolute atomic E-state index is 0.0698. The van der Waals surface area contributed by atoms with Gasteiger partial charge in [-0.05, 0) is 79.9 Å². The van der Waals surface area contributed by atoms with Crippen LogP contribution in [0, 0.1) is 29.1 Å². The van der Waals surface area contributed by atoms with Gasteiger partial charge < -0.3 is 20.3 Å². The molecule has 2 aromatic carbocycles. The van der Waals surface area contributed by atoms with Gasteiger partial charge in [0.15, 0.2) is 0 Å². The third-order valence-electron chi connectivity index (χ3n) is 11.4. The number of para-hydroxylation sites is 1. The molecule has 1 heterocycles. The number of rotatable bonds is 14. The molecule has 3 aliphatic carbocycles. The number of carbonyl (C=O) groups excluding carboxylic acids is 1. The largest absolute Gasteiger partial charge is 0.496 e. The number of aliphatic imine (C=N–C) groups is 1. The fourth-order valence-corrected chi connectivity index (χ4v) is 8.53. The summed E-state index contributed by atoms with van der Waals surface area (Å²) in [5, 5.41) is 26.1. The highest BCUT2D eigenvalue weighted by Crippen LogP contribution is 2.61. The van der Waals surface area contributed by atoms with E-state index in [0.29, 0.717) is 28.9 Å². The zero-order chi connectivity index (χ0) is 34.6. The Labute approximate surface area is 286 Å². The normalized spacial score (nSPS) is 29.2. The molecule has 2 aromatic rings. The number of hydrogen-bond donors (Lipinski definition) is 3. The number of fused-ring (bicyclic) bond motifs is 2. The van der Waals surface area contributed by atoms with Gasteiger partial charge in [-0.15, -0.1) is 0 Å². The predicted octanol–water partition coefficient (Wildman–Crippen LogP) is 6.02. The summed E-state index contributed by atoms with van der Waals surface area (Å²) in [5.41, 5.74) is 5.05. The smallest absolute Gasteiger partial charge is 0.240 e. The first-order valence-corrected chi connectivity index (χ1v) is 17.6. The number of methoxy groups -OCH3 is 1. The van der Waals surface area contributed by atoms with Crippen LogP contribution in [0.4, 0.5) is 0 Å². The Morgan fingerprint density at radius 3 is 2.58 bits per heavy atom. The van der Waals surface area contributed by atoms with E-state index in [4.69, 9.17) is 14.6 Å². The summed E-state index contributed by atoms with van der Waals surface area (Å²) in [6.07, 6.45) is 6.36. The van der Waals surface area contributed by atoms with Crippen LogP contribution in [0.5, 0.6) is 5.75 Å². The monoisotopic (exact) mass is 657 g/mol. The van der Waals surface area contributed by atoms with Crippen molar-refractivity contribution < 1.29 is 24.6 Å². The summed E-state index contributed by atoms with van der Waals surface area (Å²) >= 11 is 0. The second kappa shape index (κ2) is 15.5. The zero-order valence-electron chi connectivity index (χ0n) is 29.6. The number of hydrogen-bond acceptors (Lipinski definition) is 7. The SMILES string of the molecule is C=CC(=CC(C)=NCCCc1ccccc1)c1cccc(CN2O[C@@H](CO)[C@H]([C@H](C)O)[C@H]2C(=O)N[C@H]2C[C@H]3C[C@@H]([C@@H]2C)C3(C)C)c1OC. The first kappa shape index (κ1) is 36.0. The van der Waals surface area contributed by atoms with E-state index in [-0.39, 0.29) is 25.1 Å². The molecule has 1 amide bonds. The zero-order valence-corrected chi connectivity index (χ0v) is 29.6. The van der Waals surface area contributed by atoms with E-state index in [9.17, 15) is 15.0 Å². The lowest BCUT2D eigenvalue weighted by atomic mass is 9.45. The minimum atomic E-state index is -0.863. The van der Waals surface area contributed by atoms with Gasteiger partial charge in [0, 0.05) is 35.3 Å². The number of aliphatic hydroxyl groups is 2. The molecule has 0 aromatic heterocycles. The van der Waals surface area contributed by atoms with Gasteiger partial charge in [0.2, 0.25) is 5.91 Å². The molecule has 4 aliphatic rings. The van der Waals surface area contributed by atoms with E-state index in [1.807, 2.05) is 37.3 Å². The molecule has 8 nitrogen and oxygen atoms in total. The Morgan fingerprint density at radius 2 is 1.96 bits per heavy atom. The quantitative estimate of drug-likeness (QED) is 0.131. The van der Waals surface area contributed by atoms with E-state index in [2.05, 4.69) is 56.9 Å². The van der Waals surface area contributed by atoms with Crippen LogP contribution in [0.3, 0.4) is 0 Å². The molecule has 8 heteroatoms. The Kier molecular flexibility index (Phi) is 11.6. The Hall–Kier alpha value is -3.30. The molecular formula is C40H55N3O5. The minimum Gasteiger partial charge on any atom is -0.496 e. The number of benzene rings is 2. The Morgan fingerprint density at radius 1 is 1.21 bits per heavy atom. The highest BCUT2D eigenvalue weighted by atomic mass is 16.7. The van der Waals surface area contributed by atoms with Crippen LogP contribution in [0.25, 0.3) is 5.57 Å². The summed E-state index contributed by atoms with van der Waals surface area (Å²) in [7, 11) is 1.63. The van der Waals surface area contributed by atoms with Gasteiger partial charge in [-0.2, -0.15) is 5.06 Å². The van der Waals surface area contributed by atoms with Gasteiger partial charge in [-0.1, -0.05) is 82.0 Å². The fraction of sp³-hybridized carbons (Fsp3) is 0.550. The average Bonchev–Trinajstić information content (AvgIpc) is 3.45. The van der Waals surface area contributed by atoms with Crippen molar-refractivity contribution in [2.24, 2.45) is 34.1 Å². The van der Waals surface area contributed by atoms with Gasteiger partial charge >= 0.3 is 0 Å². The standard InChI is InChI=1S/C40H55N3O5/c1-8-29(20-25(2)41-19-13-16-28-14-10-9-11-15-28)32-18-12-17-30(38(32)47-7)23-43-37(36(27(4)45)35(24-44)48-43)39(46)42-34-22-31-21-33(26(34)3)40(31,5)6/h8-12,14-15,17-18,20,26-27,31,33-37,44-45H,1,13,16,19,21-24H2,2-7H3,(H,42,46)/t26-,27-,31+,33-,34-,35-,36-,37-/m0/s1. The lowest BCUT2D eigenvalue weighted by molar-refractivity contribution is -0.183. The maximum atomic E-state index is 14.1.